The molecule has 0 saturated heterocycles. The van der Waals surface area contributed by atoms with Crippen LogP contribution in [0.2, 0.25) is 5.02 Å². The fourth-order valence-electron chi connectivity index (χ4n) is 1.10. The molecule has 0 N–H and O–H groups in total. The summed E-state index contributed by atoms with van der Waals surface area (Å²) in [5.74, 6) is -1.11. The van der Waals surface area contributed by atoms with E-state index in [0.29, 0.717) is 10.9 Å². The van der Waals surface area contributed by atoms with E-state index in [4.69, 9.17) is 16.3 Å². The topological polar surface area (TPSA) is 26.3 Å². The summed E-state index contributed by atoms with van der Waals surface area (Å²) in [6.45, 7) is 1.91. The third kappa shape index (κ3) is 2.92. The third-order valence-electron chi connectivity index (χ3n) is 1.75. The normalized spacial score (nSPS) is 10.1. The van der Waals surface area contributed by atoms with Gasteiger partial charge in [0.05, 0.1) is 17.2 Å². The van der Waals surface area contributed by atoms with Crippen LogP contribution in [0.15, 0.2) is 12.1 Å². The maximum atomic E-state index is 13.1. The predicted octanol–water partition coefficient (Wildman–Crippen LogP) is 3.55. The van der Waals surface area contributed by atoms with E-state index in [1.807, 2.05) is 0 Å². The number of alkyl halides is 1. The van der Waals surface area contributed by atoms with Crippen molar-refractivity contribution in [2.45, 2.75) is 12.3 Å². The average molecular weight is 296 g/mol. The number of ether oxygens (including phenoxy) is 1. The summed E-state index contributed by atoms with van der Waals surface area (Å²) >= 11 is 9.08. The van der Waals surface area contributed by atoms with E-state index in [9.17, 15) is 9.18 Å². The smallest absolute Gasteiger partial charge is 0.339 e. The minimum atomic E-state index is -0.607. The van der Waals surface area contributed by atoms with Crippen LogP contribution in [0.1, 0.15) is 22.8 Å². The molecule has 82 valence electrons. The minimum Gasteiger partial charge on any atom is -0.462 e. The van der Waals surface area contributed by atoms with Gasteiger partial charge in [-0.1, -0.05) is 27.5 Å². The highest BCUT2D eigenvalue weighted by atomic mass is 79.9. The van der Waals surface area contributed by atoms with Crippen molar-refractivity contribution in [3.8, 4) is 0 Å². The Bertz CT molecular complexity index is 382. The zero-order valence-electron chi connectivity index (χ0n) is 8.02. The summed E-state index contributed by atoms with van der Waals surface area (Å²) in [5, 5.41) is 0.613. The molecule has 0 spiro atoms. The van der Waals surface area contributed by atoms with Crippen LogP contribution in [0.5, 0.6) is 0 Å². The van der Waals surface area contributed by atoms with Gasteiger partial charge < -0.3 is 4.74 Å². The first-order valence-electron chi connectivity index (χ1n) is 4.31. The van der Waals surface area contributed by atoms with Gasteiger partial charge in [-0.25, -0.2) is 9.18 Å². The Morgan fingerprint density at radius 3 is 2.80 bits per heavy atom. The monoisotopic (exact) mass is 294 g/mol. The van der Waals surface area contributed by atoms with Gasteiger partial charge in [-0.2, -0.15) is 0 Å². The number of carbonyl (C=O) groups excluding carboxylic acids is 1. The van der Waals surface area contributed by atoms with Gasteiger partial charge in [-0.3, -0.25) is 0 Å². The molecule has 0 heterocycles. The van der Waals surface area contributed by atoms with Gasteiger partial charge >= 0.3 is 5.97 Å². The lowest BCUT2D eigenvalue weighted by Gasteiger charge is -2.07. The molecule has 0 amide bonds. The minimum absolute atomic E-state index is 0.0629. The van der Waals surface area contributed by atoms with E-state index in [0.717, 1.165) is 6.07 Å². The zero-order chi connectivity index (χ0) is 11.4. The molecular formula is C10H9BrClFO2. The van der Waals surface area contributed by atoms with Crippen LogP contribution >= 0.6 is 27.5 Å². The quantitative estimate of drug-likeness (QED) is 0.629. The number of halogens is 3. The van der Waals surface area contributed by atoms with Gasteiger partial charge in [0.25, 0.3) is 0 Å². The van der Waals surface area contributed by atoms with Crippen molar-refractivity contribution >= 4 is 33.5 Å². The van der Waals surface area contributed by atoms with E-state index in [2.05, 4.69) is 15.9 Å². The lowest BCUT2D eigenvalue weighted by molar-refractivity contribution is 0.0526. The summed E-state index contributed by atoms with van der Waals surface area (Å²) in [4.78, 5) is 11.4. The summed E-state index contributed by atoms with van der Waals surface area (Å²) in [6.07, 6.45) is 0. The Hall–Kier alpha value is -0.610. The van der Waals surface area contributed by atoms with Crippen molar-refractivity contribution in [2.24, 2.45) is 0 Å². The highest BCUT2D eigenvalue weighted by molar-refractivity contribution is 9.08. The molecule has 1 rings (SSSR count). The van der Waals surface area contributed by atoms with Gasteiger partial charge in [0.15, 0.2) is 0 Å². The second-order valence-electron chi connectivity index (χ2n) is 2.78. The SMILES string of the molecule is CCOC(=O)c1cc(F)cc(CBr)c1Cl. The lowest BCUT2D eigenvalue weighted by atomic mass is 10.1. The van der Waals surface area contributed by atoms with Crippen LogP contribution in [-0.4, -0.2) is 12.6 Å². The molecule has 15 heavy (non-hydrogen) atoms. The number of rotatable bonds is 3. The second kappa shape index (κ2) is 5.47. The molecular weight excluding hydrogens is 286 g/mol. The van der Waals surface area contributed by atoms with E-state index >= 15 is 0 Å². The Labute approximate surface area is 101 Å². The summed E-state index contributed by atoms with van der Waals surface area (Å²) < 4.78 is 17.9. The molecule has 0 fully saturated rings. The average Bonchev–Trinajstić information content (AvgIpc) is 2.21. The fraction of sp³-hybridized carbons (Fsp3) is 0.300. The van der Waals surface area contributed by atoms with Gasteiger partial charge in [0, 0.05) is 5.33 Å². The third-order valence-corrected chi connectivity index (χ3v) is 2.80. The van der Waals surface area contributed by atoms with Crippen LogP contribution in [0.4, 0.5) is 4.39 Å². The van der Waals surface area contributed by atoms with Crippen molar-refractivity contribution in [1.82, 2.24) is 0 Å². The molecule has 0 atom stereocenters. The van der Waals surface area contributed by atoms with Gasteiger partial charge in [-0.05, 0) is 24.6 Å². The molecule has 0 aliphatic heterocycles. The number of benzene rings is 1. The predicted molar refractivity (Wildman–Crippen MR) is 60.0 cm³/mol. The fourth-order valence-corrected chi connectivity index (χ4v) is 1.96. The first kappa shape index (κ1) is 12.5. The van der Waals surface area contributed by atoms with Crippen molar-refractivity contribution in [1.29, 1.82) is 0 Å². The standard InChI is InChI=1S/C10H9BrClFO2/c1-2-15-10(14)8-4-7(13)3-6(5-11)9(8)12/h3-4H,2,5H2,1H3. The molecule has 0 bridgehead atoms. The second-order valence-corrected chi connectivity index (χ2v) is 3.72. The molecule has 2 nitrogen and oxygen atoms in total. The molecule has 0 aliphatic carbocycles. The molecule has 0 aromatic heterocycles. The Morgan fingerprint density at radius 2 is 2.27 bits per heavy atom. The number of esters is 1. The molecule has 0 aliphatic rings. The van der Waals surface area contributed by atoms with Crippen LogP contribution in [0.25, 0.3) is 0 Å². The Kier molecular flexibility index (Phi) is 4.54. The van der Waals surface area contributed by atoms with Gasteiger partial charge in [0.1, 0.15) is 5.82 Å². The first-order chi connectivity index (χ1) is 7.10. The van der Waals surface area contributed by atoms with Gasteiger partial charge in [-0.15, -0.1) is 0 Å². The highest BCUT2D eigenvalue weighted by Crippen LogP contribution is 2.25. The van der Waals surface area contributed by atoms with Crippen LogP contribution < -0.4 is 0 Å². The van der Waals surface area contributed by atoms with E-state index in [1.54, 1.807) is 6.92 Å². The highest BCUT2D eigenvalue weighted by Gasteiger charge is 2.15. The largest absolute Gasteiger partial charge is 0.462 e. The lowest BCUT2D eigenvalue weighted by Crippen LogP contribution is -2.07. The number of carbonyl (C=O) groups is 1. The molecule has 0 saturated carbocycles. The Balaban J connectivity index is 3.17. The van der Waals surface area contributed by atoms with Gasteiger partial charge in [0.2, 0.25) is 0 Å². The summed E-state index contributed by atoms with van der Waals surface area (Å²) in [7, 11) is 0. The van der Waals surface area contributed by atoms with E-state index in [1.165, 1.54) is 6.07 Å². The zero-order valence-corrected chi connectivity index (χ0v) is 10.4. The molecule has 5 heteroatoms. The number of hydrogen-bond donors (Lipinski definition) is 0. The van der Waals surface area contributed by atoms with Crippen LogP contribution in [0, 0.1) is 5.82 Å². The van der Waals surface area contributed by atoms with E-state index < -0.39 is 11.8 Å². The van der Waals surface area contributed by atoms with Crippen molar-refractivity contribution < 1.29 is 13.9 Å². The summed E-state index contributed by atoms with van der Waals surface area (Å²) in [6, 6.07) is 2.35. The number of hydrogen-bond acceptors (Lipinski definition) is 2. The van der Waals surface area contributed by atoms with Crippen molar-refractivity contribution in [3.05, 3.63) is 34.1 Å². The maximum Gasteiger partial charge on any atom is 0.339 e. The maximum absolute atomic E-state index is 13.1. The van der Waals surface area contributed by atoms with E-state index in [-0.39, 0.29) is 17.2 Å². The van der Waals surface area contributed by atoms with Crippen LogP contribution in [0.3, 0.4) is 0 Å². The molecule has 1 aromatic rings. The van der Waals surface area contributed by atoms with Crippen LogP contribution in [-0.2, 0) is 10.1 Å². The molecule has 0 unspecified atom stereocenters. The summed E-state index contributed by atoms with van der Waals surface area (Å²) in [5.41, 5.74) is 0.590. The molecule has 1 aromatic carbocycles. The van der Waals surface area contributed by atoms with Crippen molar-refractivity contribution in [3.63, 3.8) is 0 Å². The molecule has 0 radical (unpaired) electrons. The van der Waals surface area contributed by atoms with Crippen molar-refractivity contribution in [2.75, 3.05) is 6.61 Å². The first-order valence-corrected chi connectivity index (χ1v) is 5.81. The Morgan fingerprint density at radius 1 is 1.60 bits per heavy atom.